The molecule has 0 aliphatic rings. The summed E-state index contributed by atoms with van der Waals surface area (Å²) in [6.45, 7) is 1.39. The molecule has 0 saturated heterocycles. The van der Waals surface area contributed by atoms with Gasteiger partial charge in [-0.2, -0.15) is 0 Å². The summed E-state index contributed by atoms with van der Waals surface area (Å²) in [5, 5.41) is 11.9. The smallest absolute Gasteiger partial charge is 0.325 e. The minimum atomic E-state index is -1.09. The van der Waals surface area contributed by atoms with Gasteiger partial charge in [0.1, 0.15) is 6.04 Å². The fraction of sp³-hybridized carbons (Fsp3) is 0.250. The summed E-state index contributed by atoms with van der Waals surface area (Å²) in [7, 11) is 0. The number of carbonyl (C=O) groups excluding carboxylic acids is 1. The molecule has 2 aromatic heterocycles. The van der Waals surface area contributed by atoms with Gasteiger partial charge >= 0.3 is 5.97 Å². The molecule has 2 heterocycles. The Bertz CT molecular complexity index is 684. The predicted octanol–water partition coefficient (Wildman–Crippen LogP) is 1.77. The average molecular weight is 316 g/mol. The molecule has 106 valence electrons. The lowest BCUT2D eigenvalue weighted by Crippen LogP contribution is -2.39. The molecule has 1 atom stereocenters. The minimum absolute atomic E-state index is 0.0345. The number of aromatic nitrogens is 2. The molecule has 0 aliphatic heterocycles. The van der Waals surface area contributed by atoms with Gasteiger partial charge in [-0.15, -0.1) is 0 Å². The Morgan fingerprint density at radius 1 is 1.45 bits per heavy atom. The fourth-order valence-electron chi connectivity index (χ4n) is 1.68. The van der Waals surface area contributed by atoms with E-state index in [1.807, 2.05) is 0 Å². The molecular formula is C12H11Cl2N3O3. The van der Waals surface area contributed by atoms with Crippen LogP contribution >= 0.6 is 23.2 Å². The molecule has 0 saturated carbocycles. The van der Waals surface area contributed by atoms with Crippen LogP contribution < -0.4 is 5.32 Å². The number of carbonyl (C=O) groups is 2. The number of fused-ring (bicyclic) bond motifs is 1. The molecule has 1 amide bonds. The second-order valence-corrected chi connectivity index (χ2v) is 5.12. The maximum Gasteiger partial charge on any atom is 0.325 e. The van der Waals surface area contributed by atoms with Crippen LogP contribution in [0.4, 0.5) is 0 Å². The van der Waals surface area contributed by atoms with E-state index in [-0.39, 0.29) is 6.42 Å². The quantitative estimate of drug-likeness (QED) is 0.900. The summed E-state index contributed by atoms with van der Waals surface area (Å²) in [5.74, 6) is -1.52. The Balaban J connectivity index is 2.16. The monoisotopic (exact) mass is 315 g/mol. The summed E-state index contributed by atoms with van der Waals surface area (Å²) < 4.78 is 1.62. The lowest BCUT2D eigenvalue weighted by molar-refractivity contribution is -0.141. The van der Waals surface area contributed by atoms with Crippen molar-refractivity contribution >= 4 is 40.7 Å². The fourth-order valence-corrected chi connectivity index (χ4v) is 2.21. The molecule has 0 radical (unpaired) electrons. The number of hydrogen-bond donors (Lipinski definition) is 2. The largest absolute Gasteiger partial charge is 0.480 e. The zero-order valence-electron chi connectivity index (χ0n) is 10.4. The van der Waals surface area contributed by atoms with Crippen molar-refractivity contribution < 1.29 is 14.7 Å². The van der Waals surface area contributed by atoms with Crippen molar-refractivity contribution in [1.82, 2.24) is 14.7 Å². The molecule has 2 N–H and O–H groups in total. The first kappa shape index (κ1) is 14.6. The third-order valence-electron chi connectivity index (χ3n) is 2.61. The van der Waals surface area contributed by atoms with E-state index >= 15 is 0 Å². The topological polar surface area (TPSA) is 83.7 Å². The van der Waals surface area contributed by atoms with E-state index in [1.54, 1.807) is 22.9 Å². The number of hydrogen-bond acceptors (Lipinski definition) is 3. The number of imidazole rings is 1. The number of aliphatic carboxylic acids is 1. The summed E-state index contributed by atoms with van der Waals surface area (Å²) in [5.41, 5.74) is 0.967. The van der Waals surface area contributed by atoms with Crippen molar-refractivity contribution in [2.45, 2.75) is 19.4 Å². The first-order valence-electron chi connectivity index (χ1n) is 5.71. The Morgan fingerprint density at radius 3 is 2.80 bits per heavy atom. The van der Waals surface area contributed by atoms with E-state index in [0.29, 0.717) is 21.4 Å². The first-order chi connectivity index (χ1) is 9.36. The molecule has 0 spiro atoms. The van der Waals surface area contributed by atoms with Crippen molar-refractivity contribution in [1.29, 1.82) is 0 Å². The van der Waals surface area contributed by atoms with Gasteiger partial charge in [-0.3, -0.25) is 9.59 Å². The van der Waals surface area contributed by atoms with Gasteiger partial charge in [0.2, 0.25) is 5.91 Å². The van der Waals surface area contributed by atoms with Crippen molar-refractivity contribution in [2.24, 2.45) is 0 Å². The van der Waals surface area contributed by atoms with Crippen LogP contribution in [0.2, 0.25) is 10.0 Å². The van der Waals surface area contributed by atoms with Crippen LogP contribution in [-0.4, -0.2) is 32.4 Å². The molecule has 20 heavy (non-hydrogen) atoms. The number of nitrogens with zero attached hydrogens (tertiary/aromatic N) is 2. The van der Waals surface area contributed by atoms with Gasteiger partial charge in [0.25, 0.3) is 0 Å². The zero-order chi connectivity index (χ0) is 14.9. The van der Waals surface area contributed by atoms with Crippen LogP contribution in [0.25, 0.3) is 5.65 Å². The first-order valence-corrected chi connectivity index (χ1v) is 6.47. The number of amides is 1. The Morgan fingerprint density at radius 2 is 2.15 bits per heavy atom. The van der Waals surface area contributed by atoms with Gasteiger partial charge in [0.15, 0.2) is 5.65 Å². The maximum atomic E-state index is 11.7. The molecular weight excluding hydrogens is 305 g/mol. The van der Waals surface area contributed by atoms with E-state index in [2.05, 4.69) is 10.3 Å². The van der Waals surface area contributed by atoms with Gasteiger partial charge in [0, 0.05) is 12.4 Å². The molecule has 0 bridgehead atoms. The van der Waals surface area contributed by atoms with E-state index in [4.69, 9.17) is 28.3 Å². The Kier molecular flexibility index (Phi) is 4.15. The predicted molar refractivity (Wildman–Crippen MR) is 74.2 cm³/mol. The highest BCUT2D eigenvalue weighted by atomic mass is 35.5. The summed E-state index contributed by atoms with van der Waals surface area (Å²) >= 11 is 11.9. The van der Waals surface area contributed by atoms with Gasteiger partial charge in [-0.1, -0.05) is 23.2 Å². The van der Waals surface area contributed by atoms with E-state index < -0.39 is 17.9 Å². The number of nitrogens with one attached hydrogen (secondary N) is 1. The van der Waals surface area contributed by atoms with Crippen molar-refractivity contribution in [2.75, 3.05) is 0 Å². The number of pyridine rings is 1. The second-order valence-electron chi connectivity index (χ2n) is 4.27. The van der Waals surface area contributed by atoms with Crippen LogP contribution in [0.1, 0.15) is 12.6 Å². The SMILES string of the molecule is C[C@H](NC(=O)Cc1cn2cc(Cl)cc(Cl)c2n1)C(=O)O. The molecule has 6 nitrogen and oxygen atoms in total. The maximum absolute atomic E-state index is 11.7. The third kappa shape index (κ3) is 3.20. The van der Waals surface area contributed by atoms with Crippen molar-refractivity contribution in [3.63, 3.8) is 0 Å². The highest BCUT2D eigenvalue weighted by Gasteiger charge is 2.15. The van der Waals surface area contributed by atoms with Crippen LogP contribution in [0.15, 0.2) is 18.5 Å². The molecule has 2 rings (SSSR count). The van der Waals surface area contributed by atoms with Gasteiger partial charge in [-0.25, -0.2) is 4.98 Å². The highest BCUT2D eigenvalue weighted by molar-refractivity contribution is 6.36. The normalized spacial score (nSPS) is 12.3. The van der Waals surface area contributed by atoms with Gasteiger partial charge in [-0.05, 0) is 13.0 Å². The van der Waals surface area contributed by atoms with Crippen LogP contribution in [0.5, 0.6) is 0 Å². The number of halogens is 2. The Hall–Kier alpha value is -1.79. The van der Waals surface area contributed by atoms with Crippen LogP contribution in [-0.2, 0) is 16.0 Å². The van der Waals surface area contributed by atoms with E-state index in [1.165, 1.54) is 6.92 Å². The number of rotatable bonds is 4. The van der Waals surface area contributed by atoms with E-state index in [0.717, 1.165) is 0 Å². The summed E-state index contributed by atoms with van der Waals surface area (Å²) in [6, 6.07) is 0.611. The number of carboxylic acid groups (broad SMARTS) is 1. The lowest BCUT2D eigenvalue weighted by atomic mass is 10.3. The standard InChI is InChI=1S/C12H11Cl2N3O3/c1-6(12(19)20)15-10(18)3-8-5-17-4-7(13)2-9(14)11(17)16-8/h2,4-6H,3H2,1H3,(H,15,18)(H,19,20)/t6-/m0/s1. The van der Waals surface area contributed by atoms with Gasteiger partial charge < -0.3 is 14.8 Å². The van der Waals surface area contributed by atoms with Crippen molar-refractivity contribution in [3.05, 3.63) is 34.2 Å². The molecule has 0 aliphatic carbocycles. The lowest BCUT2D eigenvalue weighted by Gasteiger charge is -2.07. The molecule has 8 heteroatoms. The van der Waals surface area contributed by atoms with E-state index in [9.17, 15) is 9.59 Å². The molecule has 2 aromatic rings. The molecule has 0 aromatic carbocycles. The van der Waals surface area contributed by atoms with Gasteiger partial charge in [0.05, 0.1) is 22.2 Å². The van der Waals surface area contributed by atoms with Crippen LogP contribution in [0, 0.1) is 0 Å². The van der Waals surface area contributed by atoms with Crippen LogP contribution in [0.3, 0.4) is 0 Å². The summed E-state index contributed by atoms with van der Waals surface area (Å²) in [4.78, 5) is 26.5. The molecule has 0 fully saturated rings. The minimum Gasteiger partial charge on any atom is -0.480 e. The third-order valence-corrected chi connectivity index (χ3v) is 3.10. The summed E-state index contributed by atoms with van der Waals surface area (Å²) in [6.07, 6.45) is 3.21. The second kappa shape index (κ2) is 5.68. The average Bonchev–Trinajstić information content (AvgIpc) is 2.71. The highest BCUT2D eigenvalue weighted by Crippen LogP contribution is 2.21. The molecule has 0 unspecified atom stereocenters. The zero-order valence-corrected chi connectivity index (χ0v) is 11.9. The number of carboxylic acids is 1. The van der Waals surface area contributed by atoms with Crippen molar-refractivity contribution in [3.8, 4) is 0 Å². The Labute approximate surface area is 124 Å².